The summed E-state index contributed by atoms with van der Waals surface area (Å²) in [5, 5.41) is 3.47. The minimum absolute atomic E-state index is 0.369. The largest absolute Gasteiger partial charge is 0.345 e. The zero-order valence-electron chi connectivity index (χ0n) is 9.04. The minimum Gasteiger partial charge on any atom is -0.345 e. The first-order chi connectivity index (χ1) is 7.17. The fourth-order valence-corrected chi connectivity index (χ4v) is 2.31. The van der Waals surface area contributed by atoms with Crippen molar-refractivity contribution < 1.29 is 0 Å². The molecule has 0 saturated carbocycles. The molecular weight excluding hydrogens is 186 g/mol. The van der Waals surface area contributed by atoms with Crippen LogP contribution in [0.25, 0.3) is 11.0 Å². The van der Waals surface area contributed by atoms with Crippen molar-refractivity contribution in [1.82, 2.24) is 15.3 Å². The highest BCUT2D eigenvalue weighted by Gasteiger charge is 2.38. The van der Waals surface area contributed by atoms with Gasteiger partial charge in [-0.25, -0.2) is 4.98 Å². The Morgan fingerprint density at radius 1 is 1.40 bits per heavy atom. The molecule has 1 aromatic carbocycles. The van der Waals surface area contributed by atoms with Gasteiger partial charge in [0.2, 0.25) is 0 Å². The topological polar surface area (TPSA) is 40.7 Å². The van der Waals surface area contributed by atoms with Gasteiger partial charge < -0.3 is 10.3 Å². The Balaban J connectivity index is 2.04. The van der Waals surface area contributed by atoms with E-state index < -0.39 is 0 Å². The van der Waals surface area contributed by atoms with Gasteiger partial charge in [0.25, 0.3) is 0 Å². The molecule has 0 radical (unpaired) electrons. The van der Waals surface area contributed by atoms with Gasteiger partial charge in [-0.15, -0.1) is 0 Å². The van der Waals surface area contributed by atoms with Gasteiger partial charge in [0.1, 0.15) is 0 Å². The Kier molecular flexibility index (Phi) is 1.68. The summed E-state index contributed by atoms with van der Waals surface area (Å²) in [7, 11) is 0. The number of aromatic amines is 1. The number of hydrogen-bond donors (Lipinski definition) is 2. The van der Waals surface area contributed by atoms with E-state index in [0.717, 1.165) is 17.6 Å². The Morgan fingerprint density at radius 2 is 2.27 bits per heavy atom. The predicted molar refractivity (Wildman–Crippen MR) is 60.6 cm³/mol. The number of nitrogens with zero attached hydrogens (tertiary/aromatic N) is 1. The summed E-state index contributed by atoms with van der Waals surface area (Å²) < 4.78 is 0. The second kappa shape index (κ2) is 2.83. The van der Waals surface area contributed by atoms with Crippen LogP contribution in [0.2, 0.25) is 0 Å². The van der Waals surface area contributed by atoms with Gasteiger partial charge in [-0.2, -0.15) is 0 Å². The van der Waals surface area contributed by atoms with Crippen LogP contribution in [0.5, 0.6) is 0 Å². The lowest BCUT2D eigenvalue weighted by Gasteiger charge is -2.46. The van der Waals surface area contributed by atoms with Crippen LogP contribution in [-0.2, 0) is 0 Å². The van der Waals surface area contributed by atoms with Crippen molar-refractivity contribution in [1.29, 1.82) is 0 Å². The first-order valence-electron chi connectivity index (χ1n) is 5.33. The summed E-state index contributed by atoms with van der Waals surface area (Å²) in [6, 6.07) is 6.92. The van der Waals surface area contributed by atoms with E-state index in [4.69, 9.17) is 0 Å². The Morgan fingerprint density at radius 3 is 2.93 bits per heavy atom. The van der Waals surface area contributed by atoms with Gasteiger partial charge in [0.15, 0.2) is 0 Å². The predicted octanol–water partition coefficient (Wildman–Crippen LogP) is 2.23. The summed E-state index contributed by atoms with van der Waals surface area (Å²) in [5.74, 6) is 0. The number of fused-ring (bicyclic) bond motifs is 1. The average molecular weight is 201 g/mol. The Labute approximate surface area is 88.9 Å². The summed E-state index contributed by atoms with van der Waals surface area (Å²) in [6.45, 7) is 5.69. The molecule has 3 rings (SSSR count). The summed E-state index contributed by atoms with van der Waals surface area (Å²) in [5.41, 5.74) is 3.88. The molecule has 15 heavy (non-hydrogen) atoms. The van der Waals surface area contributed by atoms with Crippen molar-refractivity contribution in [3.63, 3.8) is 0 Å². The maximum absolute atomic E-state index is 4.22. The second-order valence-electron chi connectivity index (χ2n) is 4.98. The molecule has 2 N–H and O–H groups in total. The molecule has 3 heteroatoms. The maximum atomic E-state index is 4.22. The van der Waals surface area contributed by atoms with Crippen LogP contribution in [0.1, 0.15) is 25.5 Å². The lowest BCUT2D eigenvalue weighted by Crippen LogP contribution is -2.52. The summed E-state index contributed by atoms with van der Waals surface area (Å²) in [6.07, 6.45) is 1.74. The zero-order valence-corrected chi connectivity index (χ0v) is 9.04. The van der Waals surface area contributed by atoms with Crippen molar-refractivity contribution in [2.45, 2.75) is 19.9 Å². The number of benzene rings is 1. The van der Waals surface area contributed by atoms with E-state index in [1.165, 1.54) is 5.56 Å². The molecule has 2 heterocycles. The van der Waals surface area contributed by atoms with Crippen LogP contribution < -0.4 is 5.32 Å². The Hall–Kier alpha value is -1.35. The van der Waals surface area contributed by atoms with Crippen molar-refractivity contribution in [2.24, 2.45) is 5.41 Å². The monoisotopic (exact) mass is 201 g/mol. The highest BCUT2D eigenvalue weighted by atomic mass is 15.0. The molecular formula is C12H15N3. The number of hydrogen-bond acceptors (Lipinski definition) is 2. The number of imidazole rings is 1. The highest BCUT2D eigenvalue weighted by molar-refractivity contribution is 5.75. The molecule has 1 saturated heterocycles. The lowest BCUT2D eigenvalue weighted by atomic mass is 9.74. The standard InChI is InChI=1S/C12H15N3/c1-12(2)6-13-11(12)8-3-4-9-10(5-8)15-7-14-9/h3-5,7,11,13H,6H2,1-2H3,(H,14,15). The van der Waals surface area contributed by atoms with Crippen LogP contribution >= 0.6 is 0 Å². The Bertz CT molecular complexity index is 498. The molecule has 1 aromatic heterocycles. The van der Waals surface area contributed by atoms with Gasteiger partial charge in [0, 0.05) is 12.6 Å². The van der Waals surface area contributed by atoms with E-state index in [-0.39, 0.29) is 0 Å². The van der Waals surface area contributed by atoms with E-state index in [2.05, 4.69) is 47.3 Å². The molecule has 2 aromatic rings. The lowest BCUT2D eigenvalue weighted by molar-refractivity contribution is 0.128. The molecule has 78 valence electrons. The minimum atomic E-state index is 0.369. The van der Waals surface area contributed by atoms with Crippen molar-refractivity contribution in [3.05, 3.63) is 30.1 Å². The first-order valence-corrected chi connectivity index (χ1v) is 5.33. The third-order valence-electron chi connectivity index (χ3n) is 3.32. The molecule has 1 fully saturated rings. The van der Waals surface area contributed by atoms with Gasteiger partial charge in [-0.1, -0.05) is 19.9 Å². The number of nitrogens with one attached hydrogen (secondary N) is 2. The van der Waals surface area contributed by atoms with Gasteiger partial charge in [-0.3, -0.25) is 0 Å². The normalized spacial score (nSPS) is 24.0. The van der Waals surface area contributed by atoms with Gasteiger partial charge in [0.05, 0.1) is 17.4 Å². The molecule has 1 unspecified atom stereocenters. The SMILES string of the molecule is CC1(C)CNC1c1ccc2nc[nH]c2c1. The van der Waals surface area contributed by atoms with E-state index in [0.29, 0.717) is 11.5 Å². The first kappa shape index (κ1) is 8.92. The molecule has 0 aliphatic carbocycles. The van der Waals surface area contributed by atoms with Crippen LogP contribution in [0.3, 0.4) is 0 Å². The van der Waals surface area contributed by atoms with Crippen molar-refractivity contribution >= 4 is 11.0 Å². The molecule has 1 aliphatic rings. The van der Waals surface area contributed by atoms with Crippen LogP contribution in [-0.4, -0.2) is 16.5 Å². The third kappa shape index (κ3) is 1.27. The van der Waals surface area contributed by atoms with E-state index >= 15 is 0 Å². The van der Waals surface area contributed by atoms with Crippen LogP contribution in [0.15, 0.2) is 24.5 Å². The van der Waals surface area contributed by atoms with Crippen molar-refractivity contribution in [2.75, 3.05) is 6.54 Å². The molecule has 0 amide bonds. The number of H-pyrrole nitrogens is 1. The third-order valence-corrected chi connectivity index (χ3v) is 3.32. The number of rotatable bonds is 1. The van der Waals surface area contributed by atoms with Gasteiger partial charge >= 0.3 is 0 Å². The fourth-order valence-electron chi connectivity index (χ4n) is 2.31. The summed E-state index contributed by atoms with van der Waals surface area (Å²) in [4.78, 5) is 7.37. The van der Waals surface area contributed by atoms with Crippen LogP contribution in [0.4, 0.5) is 0 Å². The fraction of sp³-hybridized carbons (Fsp3) is 0.417. The average Bonchev–Trinajstić information content (AvgIpc) is 2.63. The molecule has 1 aliphatic heterocycles. The number of aromatic nitrogens is 2. The highest BCUT2D eigenvalue weighted by Crippen LogP contribution is 2.40. The van der Waals surface area contributed by atoms with Crippen molar-refractivity contribution in [3.8, 4) is 0 Å². The van der Waals surface area contributed by atoms with E-state index in [1.807, 2.05) is 0 Å². The smallest absolute Gasteiger partial charge is 0.0931 e. The van der Waals surface area contributed by atoms with E-state index in [1.54, 1.807) is 6.33 Å². The summed E-state index contributed by atoms with van der Waals surface area (Å²) >= 11 is 0. The quantitative estimate of drug-likeness (QED) is 0.742. The maximum Gasteiger partial charge on any atom is 0.0931 e. The molecule has 1 atom stereocenters. The second-order valence-corrected chi connectivity index (χ2v) is 4.98. The van der Waals surface area contributed by atoms with Gasteiger partial charge in [-0.05, 0) is 23.1 Å². The van der Waals surface area contributed by atoms with E-state index in [9.17, 15) is 0 Å². The zero-order chi connectivity index (χ0) is 10.5. The molecule has 3 nitrogen and oxygen atoms in total. The molecule has 0 spiro atoms. The molecule has 0 bridgehead atoms. The van der Waals surface area contributed by atoms with Crippen LogP contribution in [0, 0.1) is 5.41 Å².